The zero-order valence-corrected chi connectivity index (χ0v) is 25.7. The van der Waals surface area contributed by atoms with E-state index in [4.69, 9.17) is 14.7 Å². The van der Waals surface area contributed by atoms with Crippen molar-refractivity contribution in [3.05, 3.63) is 41.3 Å². The Hall–Kier alpha value is -3.38. The van der Waals surface area contributed by atoms with E-state index >= 15 is 4.39 Å². The number of ether oxygens (including phenoxy) is 1. The van der Waals surface area contributed by atoms with Crippen LogP contribution in [0, 0.1) is 5.82 Å². The van der Waals surface area contributed by atoms with Gasteiger partial charge in [-0.2, -0.15) is 0 Å². The fourth-order valence-electron chi connectivity index (χ4n) is 6.69. The number of likely N-dealkylation sites (tertiary alicyclic amines) is 2. The van der Waals surface area contributed by atoms with Crippen molar-refractivity contribution < 1.29 is 22.3 Å². The van der Waals surface area contributed by atoms with Gasteiger partial charge in [-0.3, -0.25) is 9.69 Å². The largest absolute Gasteiger partial charge is 0.481 e. The van der Waals surface area contributed by atoms with E-state index in [9.17, 15) is 13.2 Å². The van der Waals surface area contributed by atoms with Gasteiger partial charge >= 0.3 is 0 Å². The second-order valence-electron chi connectivity index (χ2n) is 12.1. The Balaban J connectivity index is 1.41. The van der Waals surface area contributed by atoms with Crippen LogP contribution in [-0.4, -0.2) is 91.2 Å². The Morgan fingerprint density at radius 2 is 1.79 bits per heavy atom. The molecule has 10 nitrogen and oxygen atoms in total. The van der Waals surface area contributed by atoms with Crippen molar-refractivity contribution in [2.45, 2.75) is 63.3 Å². The van der Waals surface area contributed by atoms with Crippen molar-refractivity contribution in [1.29, 1.82) is 0 Å². The standard InChI is InChI=1S/C31H39FN6O4S/c1-42-30-23(20-43(2,40)41)14-21(17-33-30)28-26-16-24(32)15-22(29(26)35-31(34-28)37-10-5-3-6-11-37)18-36-13-9-25(19-36)38-12-7-4-8-27(38)39/h14-17,25H,3-13,18-20H2,1-2H3/t25-/m1/s1. The van der Waals surface area contributed by atoms with Gasteiger partial charge in [-0.25, -0.2) is 27.8 Å². The molecule has 230 valence electrons. The number of halogens is 1. The van der Waals surface area contributed by atoms with Crippen LogP contribution in [0.4, 0.5) is 10.3 Å². The molecular weight excluding hydrogens is 571 g/mol. The molecule has 43 heavy (non-hydrogen) atoms. The number of hydrogen-bond acceptors (Lipinski definition) is 9. The summed E-state index contributed by atoms with van der Waals surface area (Å²) >= 11 is 0. The summed E-state index contributed by atoms with van der Waals surface area (Å²) in [5, 5.41) is 0.551. The zero-order valence-electron chi connectivity index (χ0n) is 24.9. The predicted octanol–water partition coefficient (Wildman–Crippen LogP) is 3.96. The van der Waals surface area contributed by atoms with Gasteiger partial charge in [0.15, 0.2) is 9.84 Å². The molecular formula is C31H39FN6O4S. The predicted molar refractivity (Wildman–Crippen MR) is 163 cm³/mol. The highest BCUT2D eigenvalue weighted by Crippen LogP contribution is 2.34. The van der Waals surface area contributed by atoms with Gasteiger partial charge in [-0.05, 0) is 62.3 Å². The molecule has 0 N–H and O–H groups in total. The van der Waals surface area contributed by atoms with Crippen molar-refractivity contribution in [2.24, 2.45) is 0 Å². The van der Waals surface area contributed by atoms with Crippen LogP contribution in [0.15, 0.2) is 24.4 Å². The second-order valence-corrected chi connectivity index (χ2v) is 14.2. The highest BCUT2D eigenvalue weighted by molar-refractivity contribution is 7.89. The SMILES string of the molecule is COc1ncc(-c2nc(N3CCCCC3)nc3c(CN4CC[C@@H](N5CCCCC5=O)C4)cc(F)cc23)cc1CS(C)(=O)=O. The van der Waals surface area contributed by atoms with Crippen molar-refractivity contribution in [1.82, 2.24) is 24.8 Å². The lowest BCUT2D eigenvalue weighted by Gasteiger charge is -2.32. The van der Waals surface area contributed by atoms with Crippen LogP contribution < -0.4 is 9.64 Å². The number of amides is 1. The van der Waals surface area contributed by atoms with E-state index in [1.807, 2.05) is 4.90 Å². The van der Waals surface area contributed by atoms with Crippen LogP contribution >= 0.6 is 0 Å². The van der Waals surface area contributed by atoms with E-state index in [0.29, 0.717) is 46.6 Å². The summed E-state index contributed by atoms with van der Waals surface area (Å²) in [5.74, 6) is 0.410. The fourth-order valence-corrected chi connectivity index (χ4v) is 7.46. The summed E-state index contributed by atoms with van der Waals surface area (Å²) in [5.41, 5.74) is 2.94. The average molecular weight is 611 g/mol. The molecule has 3 fully saturated rings. The topological polar surface area (TPSA) is 109 Å². The summed E-state index contributed by atoms with van der Waals surface area (Å²) in [6.45, 7) is 4.55. The first-order chi connectivity index (χ1) is 20.7. The molecule has 3 aliphatic heterocycles. The van der Waals surface area contributed by atoms with Gasteiger partial charge in [0.2, 0.25) is 17.7 Å². The number of sulfone groups is 1. The van der Waals surface area contributed by atoms with Crippen molar-refractivity contribution >= 4 is 32.6 Å². The molecule has 12 heteroatoms. The molecule has 2 aromatic heterocycles. The maximum Gasteiger partial charge on any atom is 0.226 e. The van der Waals surface area contributed by atoms with E-state index in [-0.39, 0.29) is 23.6 Å². The lowest BCUT2D eigenvalue weighted by Crippen LogP contribution is -2.44. The van der Waals surface area contributed by atoms with Crippen LogP contribution in [0.3, 0.4) is 0 Å². The minimum absolute atomic E-state index is 0.181. The summed E-state index contributed by atoms with van der Waals surface area (Å²) in [6, 6.07) is 4.91. The van der Waals surface area contributed by atoms with Crippen molar-refractivity contribution in [3.8, 4) is 17.1 Å². The minimum Gasteiger partial charge on any atom is -0.481 e. The summed E-state index contributed by atoms with van der Waals surface area (Å²) in [7, 11) is -1.92. The first kappa shape index (κ1) is 29.7. The van der Waals surface area contributed by atoms with Crippen LogP contribution in [0.25, 0.3) is 22.2 Å². The number of anilines is 1. The van der Waals surface area contributed by atoms with Crippen LogP contribution in [0.1, 0.15) is 56.1 Å². The normalized spacial score (nSPS) is 20.3. The third-order valence-electron chi connectivity index (χ3n) is 8.72. The van der Waals surface area contributed by atoms with Gasteiger partial charge in [-0.1, -0.05) is 0 Å². The molecule has 0 spiro atoms. The maximum atomic E-state index is 15.3. The van der Waals surface area contributed by atoms with Gasteiger partial charge in [0.1, 0.15) is 5.82 Å². The number of benzene rings is 1. The summed E-state index contributed by atoms with van der Waals surface area (Å²) in [6.07, 6.45) is 9.52. The Morgan fingerprint density at radius 3 is 2.53 bits per heavy atom. The molecule has 3 aromatic rings. The molecule has 3 saturated heterocycles. The van der Waals surface area contributed by atoms with Crippen LogP contribution in [-0.2, 0) is 26.9 Å². The van der Waals surface area contributed by atoms with E-state index in [2.05, 4.69) is 14.8 Å². The highest BCUT2D eigenvalue weighted by atomic mass is 32.2. The molecule has 1 amide bonds. The lowest BCUT2D eigenvalue weighted by molar-refractivity contribution is -0.135. The number of hydrogen-bond donors (Lipinski definition) is 0. The van der Waals surface area contributed by atoms with Crippen LogP contribution in [0.2, 0.25) is 0 Å². The van der Waals surface area contributed by atoms with Crippen LogP contribution in [0.5, 0.6) is 5.88 Å². The van der Waals surface area contributed by atoms with Gasteiger partial charge in [0.25, 0.3) is 0 Å². The Kier molecular flexibility index (Phi) is 8.50. The number of carbonyl (C=O) groups excluding carboxylic acids is 1. The number of aromatic nitrogens is 3. The monoisotopic (exact) mass is 610 g/mol. The molecule has 0 unspecified atom stereocenters. The number of methoxy groups -OCH3 is 1. The molecule has 0 bridgehead atoms. The smallest absolute Gasteiger partial charge is 0.226 e. The summed E-state index contributed by atoms with van der Waals surface area (Å²) in [4.78, 5) is 33.4. The first-order valence-corrected chi connectivity index (χ1v) is 17.2. The highest BCUT2D eigenvalue weighted by Gasteiger charge is 2.32. The van der Waals surface area contributed by atoms with Crippen molar-refractivity contribution in [3.63, 3.8) is 0 Å². The average Bonchev–Trinajstić information content (AvgIpc) is 3.44. The number of rotatable bonds is 8. The first-order valence-electron chi connectivity index (χ1n) is 15.2. The Morgan fingerprint density at radius 1 is 1.00 bits per heavy atom. The van der Waals surface area contributed by atoms with Crippen molar-refractivity contribution in [2.75, 3.05) is 51.0 Å². The Bertz CT molecular complexity index is 1630. The lowest BCUT2D eigenvalue weighted by atomic mass is 10.0. The molecule has 1 atom stereocenters. The third-order valence-corrected chi connectivity index (χ3v) is 9.56. The molecule has 1 aromatic carbocycles. The number of fused-ring (bicyclic) bond motifs is 1. The van der Waals surface area contributed by atoms with Gasteiger partial charge in [-0.15, -0.1) is 0 Å². The molecule has 0 aliphatic carbocycles. The van der Waals surface area contributed by atoms with E-state index in [1.165, 1.54) is 19.4 Å². The van der Waals surface area contributed by atoms with Gasteiger partial charge in [0, 0.05) is 80.7 Å². The van der Waals surface area contributed by atoms with Gasteiger partial charge in [0.05, 0.1) is 24.1 Å². The number of piperidine rings is 2. The molecule has 0 radical (unpaired) electrons. The molecule has 0 saturated carbocycles. The quantitative estimate of drug-likeness (QED) is 0.374. The number of pyridine rings is 1. The summed E-state index contributed by atoms with van der Waals surface area (Å²) < 4.78 is 45.1. The number of nitrogens with zero attached hydrogens (tertiary/aromatic N) is 6. The molecule has 5 heterocycles. The van der Waals surface area contributed by atoms with E-state index in [0.717, 1.165) is 76.8 Å². The third kappa shape index (κ3) is 6.59. The molecule has 6 rings (SSSR count). The second kappa shape index (κ2) is 12.3. The van der Waals surface area contributed by atoms with Gasteiger partial charge < -0.3 is 14.5 Å². The zero-order chi connectivity index (χ0) is 30.1. The molecule has 3 aliphatic rings. The minimum atomic E-state index is -3.37. The van der Waals surface area contributed by atoms with E-state index < -0.39 is 15.7 Å². The maximum absolute atomic E-state index is 15.3. The fraction of sp³-hybridized carbons (Fsp3) is 0.548. The number of carbonyl (C=O) groups is 1. The Labute approximate surface area is 252 Å². The van der Waals surface area contributed by atoms with E-state index in [1.54, 1.807) is 18.3 Å².